The van der Waals surface area contributed by atoms with Crippen molar-refractivity contribution in [3.8, 4) is 0 Å². The van der Waals surface area contributed by atoms with Crippen molar-refractivity contribution in [1.29, 1.82) is 0 Å². The molecule has 0 aromatic rings. The van der Waals surface area contributed by atoms with E-state index in [2.05, 4.69) is 18.4 Å². The third-order valence-corrected chi connectivity index (χ3v) is 2.95. The summed E-state index contributed by atoms with van der Waals surface area (Å²) in [4.78, 5) is 0. The fourth-order valence-electron chi connectivity index (χ4n) is 1.08. The van der Waals surface area contributed by atoms with E-state index in [1.807, 2.05) is 0 Å². The van der Waals surface area contributed by atoms with Crippen LogP contribution in [0.4, 0.5) is 52.7 Å². The summed E-state index contributed by atoms with van der Waals surface area (Å²) in [5, 5.41) is 0. The molecule has 2 N–H and O–H groups in total. The van der Waals surface area contributed by atoms with Crippen molar-refractivity contribution in [2.24, 2.45) is 5.73 Å². The molecule has 0 saturated heterocycles. The van der Waals surface area contributed by atoms with Crippen LogP contribution in [0.2, 0.25) is 0 Å². The lowest BCUT2D eigenvalue weighted by Crippen LogP contribution is -2.71. The number of halogens is 12. The van der Waals surface area contributed by atoms with Crippen LogP contribution in [0.3, 0.4) is 0 Å². The molecule has 0 rings (SSSR count). The van der Waals surface area contributed by atoms with E-state index in [0.29, 0.717) is 0 Å². The molecule has 0 radical (unpaired) electrons. The molecule has 1 nitrogen and oxygen atoms in total. The predicted octanol–water partition coefficient (Wildman–Crippen LogP) is 3.69. The van der Waals surface area contributed by atoms with Crippen molar-refractivity contribution >= 4 is 12.6 Å². The second-order valence-corrected chi connectivity index (χ2v) is 4.38. The van der Waals surface area contributed by atoms with Crippen molar-refractivity contribution < 1.29 is 52.7 Å². The lowest BCUT2D eigenvalue weighted by Gasteiger charge is -2.40. The van der Waals surface area contributed by atoms with Crippen LogP contribution in [0.15, 0.2) is 0 Å². The fraction of sp³-hybridized carbons (Fsp3) is 1.00. The molecular weight excluding hydrogens is 370 g/mol. The zero-order chi connectivity index (χ0) is 18.4. The molecule has 0 fully saturated rings. The molecule has 0 aromatic heterocycles. The van der Waals surface area contributed by atoms with Crippen molar-refractivity contribution in [3.05, 3.63) is 0 Å². The highest BCUT2D eigenvalue weighted by atomic mass is 32.1. The van der Waals surface area contributed by atoms with E-state index in [0.717, 1.165) is 0 Å². The van der Waals surface area contributed by atoms with E-state index in [9.17, 15) is 52.7 Å². The summed E-state index contributed by atoms with van der Waals surface area (Å²) < 4.78 is 154. The highest BCUT2D eigenvalue weighted by Crippen LogP contribution is 2.59. The Morgan fingerprint density at radius 2 is 0.818 bits per heavy atom. The van der Waals surface area contributed by atoms with Crippen LogP contribution in [-0.2, 0) is 0 Å². The van der Waals surface area contributed by atoms with Gasteiger partial charge in [-0.15, -0.1) is 0 Å². The number of nitrogens with two attached hydrogens (primary N) is 1. The molecular formula is C8H7F12NS. The van der Waals surface area contributed by atoms with Crippen molar-refractivity contribution in [3.63, 3.8) is 0 Å². The van der Waals surface area contributed by atoms with E-state index in [4.69, 9.17) is 0 Å². The molecule has 0 aliphatic heterocycles. The van der Waals surface area contributed by atoms with E-state index in [-0.39, 0.29) is 0 Å². The lowest BCUT2D eigenvalue weighted by molar-refractivity contribution is -0.421. The summed E-state index contributed by atoms with van der Waals surface area (Å²) in [7, 11) is 0. The summed E-state index contributed by atoms with van der Waals surface area (Å²) in [6, 6.07) is 0. The fourth-order valence-corrected chi connectivity index (χ4v) is 1.28. The van der Waals surface area contributed by atoms with Crippen LogP contribution in [0, 0.1) is 0 Å². The Labute approximate surface area is 120 Å². The van der Waals surface area contributed by atoms with Crippen molar-refractivity contribution in [2.75, 3.05) is 12.3 Å². The maximum absolute atomic E-state index is 13.0. The monoisotopic (exact) mass is 377 g/mol. The van der Waals surface area contributed by atoms with Gasteiger partial charge in [-0.1, -0.05) is 0 Å². The third kappa shape index (κ3) is 2.61. The average Bonchev–Trinajstić information content (AvgIpc) is 2.37. The molecule has 134 valence electrons. The summed E-state index contributed by atoms with van der Waals surface area (Å²) >= 11 is 2.51. The van der Waals surface area contributed by atoms with Gasteiger partial charge >= 0.3 is 35.5 Å². The minimum absolute atomic E-state index is 2.44. The van der Waals surface area contributed by atoms with Crippen LogP contribution in [0.5, 0.6) is 0 Å². The number of hydrogen-bond acceptors (Lipinski definition) is 2. The van der Waals surface area contributed by atoms with Crippen molar-refractivity contribution in [1.82, 2.24) is 0 Å². The molecule has 0 aliphatic rings. The van der Waals surface area contributed by atoms with Gasteiger partial charge in [0.1, 0.15) is 0 Å². The van der Waals surface area contributed by atoms with Crippen molar-refractivity contribution in [2.45, 2.75) is 35.5 Å². The first kappa shape index (κ1) is 21.5. The van der Waals surface area contributed by atoms with E-state index < -0.39 is 47.8 Å². The minimum atomic E-state index is -7.54. The Kier molecular flexibility index (Phi) is 5.39. The lowest BCUT2D eigenvalue weighted by atomic mass is 9.92. The minimum Gasteiger partial charge on any atom is -0.325 e. The van der Waals surface area contributed by atoms with Crippen LogP contribution in [0.25, 0.3) is 0 Å². The van der Waals surface area contributed by atoms with Gasteiger partial charge in [-0.25, -0.2) is 0 Å². The smallest absolute Gasteiger partial charge is 0.325 e. The second-order valence-electron chi connectivity index (χ2n) is 4.07. The van der Waals surface area contributed by atoms with Crippen LogP contribution in [-0.4, -0.2) is 47.8 Å². The first-order valence-electron chi connectivity index (χ1n) is 4.95. The average molecular weight is 377 g/mol. The number of hydrogen-bond donors (Lipinski definition) is 2. The van der Waals surface area contributed by atoms with E-state index in [1.54, 1.807) is 0 Å². The SMILES string of the molecule is NCC(F)(F)C(F)(F)C(F)(F)C(F)(F)C(F)(F)C(F)(F)CS. The van der Waals surface area contributed by atoms with Gasteiger partial charge in [0.15, 0.2) is 0 Å². The van der Waals surface area contributed by atoms with Crippen LogP contribution in [0.1, 0.15) is 0 Å². The Morgan fingerprint density at radius 1 is 0.545 bits per heavy atom. The predicted molar refractivity (Wildman–Crippen MR) is 52.6 cm³/mol. The Hall–Kier alpha value is -0.530. The maximum atomic E-state index is 13.0. The van der Waals surface area contributed by atoms with Gasteiger partial charge in [-0.2, -0.15) is 65.3 Å². The highest BCUT2D eigenvalue weighted by Gasteiger charge is 2.89. The van der Waals surface area contributed by atoms with Gasteiger partial charge in [0.25, 0.3) is 0 Å². The Morgan fingerprint density at radius 3 is 1.05 bits per heavy atom. The van der Waals surface area contributed by atoms with Gasteiger partial charge in [-0.05, 0) is 0 Å². The molecule has 0 spiro atoms. The molecule has 0 unspecified atom stereocenters. The summed E-state index contributed by atoms with van der Waals surface area (Å²) in [5.74, 6) is -43.8. The van der Waals surface area contributed by atoms with Gasteiger partial charge in [0.05, 0.1) is 12.3 Å². The van der Waals surface area contributed by atoms with Gasteiger partial charge < -0.3 is 5.73 Å². The number of rotatable bonds is 7. The molecule has 0 atom stereocenters. The molecule has 22 heavy (non-hydrogen) atoms. The van der Waals surface area contributed by atoms with Gasteiger partial charge in [0, 0.05) is 0 Å². The summed E-state index contributed by atoms with van der Waals surface area (Å²) in [5.41, 5.74) is 4.00. The Bertz CT molecular complexity index is 368. The van der Waals surface area contributed by atoms with Crippen LogP contribution < -0.4 is 5.73 Å². The standard InChI is InChI=1S/C8H7F12NS/c9-3(10,1-21)5(13,14)7(17,18)8(19,20)6(15,16)4(11,12)2-22/h22H,1-2,21H2. The third-order valence-electron chi connectivity index (χ3n) is 2.56. The quantitative estimate of drug-likeness (QED) is 0.514. The molecule has 14 heteroatoms. The molecule has 0 heterocycles. The molecule has 0 bridgehead atoms. The maximum Gasteiger partial charge on any atom is 0.384 e. The van der Waals surface area contributed by atoms with Crippen LogP contribution >= 0.6 is 12.6 Å². The normalized spacial score (nSPS) is 16.1. The highest BCUT2D eigenvalue weighted by molar-refractivity contribution is 7.80. The number of thiol groups is 1. The molecule has 0 aliphatic carbocycles. The summed E-state index contributed by atoms with van der Waals surface area (Å²) in [6.07, 6.45) is 0. The second kappa shape index (κ2) is 5.53. The van der Waals surface area contributed by atoms with Gasteiger partial charge in [-0.3, -0.25) is 0 Å². The zero-order valence-corrected chi connectivity index (χ0v) is 10.9. The molecule has 0 amide bonds. The summed E-state index contributed by atoms with van der Waals surface area (Å²) in [6.45, 7) is -2.62. The first-order valence-corrected chi connectivity index (χ1v) is 5.58. The topological polar surface area (TPSA) is 26.0 Å². The first-order chi connectivity index (χ1) is 9.37. The van der Waals surface area contributed by atoms with E-state index >= 15 is 0 Å². The Balaban J connectivity index is 6.19. The number of alkyl halides is 12. The van der Waals surface area contributed by atoms with Gasteiger partial charge in [0.2, 0.25) is 0 Å². The molecule has 0 aromatic carbocycles. The zero-order valence-electron chi connectivity index (χ0n) is 9.97. The van der Waals surface area contributed by atoms with E-state index in [1.165, 1.54) is 0 Å². The molecule has 0 saturated carbocycles. The largest absolute Gasteiger partial charge is 0.384 e.